The summed E-state index contributed by atoms with van der Waals surface area (Å²) in [4.78, 5) is 157. The number of halogens is 15. The summed E-state index contributed by atoms with van der Waals surface area (Å²) in [6.45, 7) is 10.8. The number of hydrogen-bond acceptors (Lipinski definition) is 22. The fraction of sp³-hybridized carbons (Fsp3) is 0.813. The van der Waals surface area contributed by atoms with Crippen LogP contribution in [0.25, 0.3) is 0 Å². The topological polar surface area (TPSA) is 489 Å². The molecule has 0 aromatic rings. The van der Waals surface area contributed by atoms with Gasteiger partial charge in [0.25, 0.3) is 0 Å². The Balaban J connectivity index is -0.000000484. The van der Waals surface area contributed by atoms with E-state index >= 15 is 0 Å². The number of amides is 9. The molecular formula is C75H128B3F15N12O20. The van der Waals surface area contributed by atoms with Gasteiger partial charge in [-0.15, -0.1) is 0 Å². The maximum absolute atomic E-state index is 12.3. The number of hydrogen-bond donors (Lipinski definition) is 14. The first kappa shape index (κ1) is 125. The van der Waals surface area contributed by atoms with Crippen LogP contribution in [0.1, 0.15) is 252 Å². The average molecular weight is 1840 g/mol. The van der Waals surface area contributed by atoms with Gasteiger partial charge in [-0.3, -0.25) is 47.9 Å². The zero-order chi connectivity index (χ0) is 96.5. The Morgan fingerprint density at radius 2 is 0.584 bits per heavy atom. The van der Waals surface area contributed by atoms with Gasteiger partial charge in [0.1, 0.15) is 30.2 Å². The standard InChI is InChI=1S/C19H35BF3N3O5.C18H32F3N3O4.C15H24BF3N2O4.C14H25F3N2O3.C9H12BF3N2O4/c1-3-4-5-8-14-31-17(28)15(26-16(27)11-9-13-25-20(2)30)10-6-7-12-24-18(29)19(21,22)23;1-2-3-4-7-13-28-16(26)14(24-15(25)10-8-11-22)9-5-6-12-23-17(27)18(19,20)21;1-2-3-4-7-10-25-12(22)11(21-14(16)24)8-5-6-9-20-13(23)15(17,18)19;1-2-3-4-7-10-22-12(20)11(18)8-5-6-9-19-13(21)14(15,16)17;10-8(19)15-5(6(16)17)3-1-2-4-14-7(18)9(11,12)13/h15,25,30H,3-14H2,1-2H3,(H,24,29)(H,26,27);14H,2-13,22H2,1H3,(H,23,27)(H,24,25);11H,2-10H2,1H3,(H,20,23)(H,21,24);11H,2-10,18H2,1H3,(H,19,21);5H,1-4H2,(H,14,18)(H,15,19)(H,16,17)/t15-;14-;2*11-;5-/m00000/s1. The van der Waals surface area contributed by atoms with Gasteiger partial charge in [0.05, 0.1) is 26.4 Å². The molecule has 0 fully saturated rings. The van der Waals surface area contributed by atoms with Crippen molar-refractivity contribution in [2.45, 2.75) is 320 Å². The number of rotatable bonds is 62. The second-order valence-electron chi connectivity index (χ2n) is 28.1. The first-order chi connectivity index (χ1) is 58.4. The van der Waals surface area contributed by atoms with Crippen LogP contribution < -0.4 is 64.5 Å². The lowest BCUT2D eigenvalue weighted by Crippen LogP contribution is -2.42. The molecule has 4 radical (unpaired) electrons. The van der Waals surface area contributed by atoms with Crippen molar-refractivity contribution < 1.29 is 162 Å². The van der Waals surface area contributed by atoms with E-state index < -0.39 is 139 Å². The van der Waals surface area contributed by atoms with Crippen LogP contribution in [0.2, 0.25) is 6.82 Å². The number of aliphatic carboxylic acids is 1. The summed E-state index contributed by atoms with van der Waals surface area (Å²) in [6.07, 6.45) is -4.52. The number of nitrogens with two attached hydrogens (primary N) is 2. The molecule has 0 aliphatic carbocycles. The van der Waals surface area contributed by atoms with Crippen molar-refractivity contribution in [1.82, 2.24) is 53.1 Å². The van der Waals surface area contributed by atoms with E-state index in [0.29, 0.717) is 83.9 Å². The van der Waals surface area contributed by atoms with Crippen molar-refractivity contribution in [1.29, 1.82) is 0 Å². The SMILES string of the molecule is CCCCCCOC(=O)[C@@H](N)CCCCNC(=O)C(F)(F)F.CCCCCCOC(=O)[C@H](CCCCNC(=O)C(F)(F)F)NC(=O)CCCN.CCCCCCOC(=O)[C@H](CCCCNC(=O)C(F)(F)F)NC(=O)CCCNB(C)O.[B]C(=O)N[C@@H](CCCCNC(=O)C(F)(F)F)C(=O)O.[B]C(=O)N[C@@H](CCCCNC(=O)C(F)(F)F)C(=O)OCCCCCC. The molecule has 9 amide bonds. The minimum Gasteiger partial charge on any atom is -0.480 e. The molecule has 0 bridgehead atoms. The predicted octanol–water partition coefficient (Wildman–Crippen LogP) is 8.76. The molecule has 32 nitrogen and oxygen atoms in total. The highest BCUT2D eigenvalue weighted by molar-refractivity contribution is 6.57. The van der Waals surface area contributed by atoms with Crippen molar-refractivity contribution in [2.75, 3.05) is 72.2 Å². The fourth-order valence-corrected chi connectivity index (χ4v) is 9.93. The van der Waals surface area contributed by atoms with E-state index in [1.165, 1.54) is 0 Å². The van der Waals surface area contributed by atoms with Gasteiger partial charge in [-0.25, -0.2) is 19.2 Å². The Labute approximate surface area is 722 Å². The minimum atomic E-state index is -4.93. The van der Waals surface area contributed by atoms with Crippen LogP contribution in [-0.4, -0.2) is 249 Å². The highest BCUT2D eigenvalue weighted by atomic mass is 19.4. The number of carboxylic acids is 1. The monoisotopic (exact) mass is 1830 g/mol. The van der Waals surface area contributed by atoms with Gasteiger partial charge < -0.3 is 93.6 Å². The molecule has 50 heteroatoms. The van der Waals surface area contributed by atoms with Gasteiger partial charge in [0.2, 0.25) is 27.5 Å². The minimum absolute atomic E-state index is 0.000160. The number of carboxylic acid groups (broad SMARTS) is 1. The average Bonchev–Trinajstić information content (AvgIpc) is 0.916. The first-order valence-corrected chi connectivity index (χ1v) is 41.6. The molecule has 0 spiro atoms. The number of carbonyl (C=O) groups excluding carboxylic acids is 13. The van der Waals surface area contributed by atoms with E-state index in [-0.39, 0.29) is 135 Å². The van der Waals surface area contributed by atoms with Crippen LogP contribution in [0.3, 0.4) is 0 Å². The van der Waals surface area contributed by atoms with Crippen molar-refractivity contribution in [3.05, 3.63) is 0 Å². The quantitative estimate of drug-likeness (QED) is 0.00889. The highest BCUT2D eigenvalue weighted by Gasteiger charge is 2.42. The summed E-state index contributed by atoms with van der Waals surface area (Å²) in [7, 11) is 9.07. The van der Waals surface area contributed by atoms with Crippen LogP contribution >= 0.6 is 0 Å². The molecule has 0 saturated carbocycles. The van der Waals surface area contributed by atoms with Gasteiger partial charge in [0.15, 0.2) is 11.6 Å². The summed E-state index contributed by atoms with van der Waals surface area (Å²) in [5.41, 5.74) is 11.0. The second kappa shape index (κ2) is 75.7. The van der Waals surface area contributed by atoms with E-state index in [9.17, 15) is 133 Å². The van der Waals surface area contributed by atoms with Crippen molar-refractivity contribution in [3.63, 3.8) is 0 Å². The predicted molar refractivity (Wildman–Crippen MR) is 430 cm³/mol. The lowest BCUT2D eigenvalue weighted by molar-refractivity contribution is -0.173. The molecule has 722 valence electrons. The lowest BCUT2D eigenvalue weighted by atomic mass is 9.89. The fourth-order valence-electron chi connectivity index (χ4n) is 9.93. The Morgan fingerprint density at radius 1 is 0.336 bits per heavy atom. The van der Waals surface area contributed by atoms with Crippen molar-refractivity contribution >= 4 is 106 Å². The highest BCUT2D eigenvalue weighted by Crippen LogP contribution is 2.20. The Kier molecular flexibility index (Phi) is 75.7. The summed E-state index contributed by atoms with van der Waals surface area (Å²) in [6, 6.07) is -4.70. The molecule has 0 saturated heterocycles. The van der Waals surface area contributed by atoms with E-state index in [1.54, 1.807) is 33.4 Å². The number of esters is 4. The number of ether oxygens (including phenoxy) is 4. The second-order valence-corrected chi connectivity index (χ2v) is 28.1. The van der Waals surface area contributed by atoms with Crippen molar-refractivity contribution in [3.8, 4) is 0 Å². The smallest absolute Gasteiger partial charge is 0.471 e. The molecule has 0 aliphatic rings. The van der Waals surface area contributed by atoms with Gasteiger partial charge in [0, 0.05) is 45.6 Å². The van der Waals surface area contributed by atoms with Crippen LogP contribution in [0.4, 0.5) is 75.4 Å². The van der Waals surface area contributed by atoms with E-state index in [0.717, 1.165) is 89.9 Å². The third-order valence-electron chi connectivity index (χ3n) is 16.7. The van der Waals surface area contributed by atoms with Crippen LogP contribution in [0.15, 0.2) is 0 Å². The van der Waals surface area contributed by atoms with Crippen LogP contribution in [0, 0.1) is 0 Å². The van der Waals surface area contributed by atoms with Gasteiger partial charge in [-0.05, 0) is 155 Å². The molecule has 0 aromatic carbocycles. The lowest BCUT2D eigenvalue weighted by Gasteiger charge is -2.18. The van der Waals surface area contributed by atoms with E-state index in [1.807, 2.05) is 5.32 Å². The summed E-state index contributed by atoms with van der Waals surface area (Å²) in [5, 5.41) is 38.7. The molecule has 0 unspecified atom stereocenters. The van der Waals surface area contributed by atoms with Crippen LogP contribution in [0.5, 0.6) is 0 Å². The molecule has 125 heavy (non-hydrogen) atoms. The number of alkyl halides is 15. The number of carbonyl (C=O) groups is 14. The summed E-state index contributed by atoms with van der Waals surface area (Å²) < 4.78 is 200. The van der Waals surface area contributed by atoms with Crippen LogP contribution in [-0.2, 0) is 76.5 Å². The molecule has 16 N–H and O–H groups in total. The first-order valence-electron chi connectivity index (χ1n) is 41.6. The normalized spacial score (nSPS) is 12.4. The number of unbranched alkanes of at least 4 members (excludes halogenated alkanes) is 17. The summed E-state index contributed by atoms with van der Waals surface area (Å²) in [5.74, 6) is -16.1. The molecule has 0 aliphatic heterocycles. The maximum Gasteiger partial charge on any atom is 0.471 e. The number of nitrogens with one attached hydrogen (secondary N) is 10. The molecule has 0 aromatic heterocycles. The zero-order valence-corrected chi connectivity index (χ0v) is 71.7. The molecule has 0 rings (SSSR count). The Bertz CT molecular complexity index is 3020. The molecule has 0 heterocycles. The zero-order valence-electron chi connectivity index (χ0n) is 71.7. The van der Waals surface area contributed by atoms with Crippen molar-refractivity contribution in [2.24, 2.45) is 11.5 Å². The van der Waals surface area contributed by atoms with E-state index in [4.69, 9.17) is 56.2 Å². The third kappa shape index (κ3) is 79.9. The Morgan fingerprint density at radius 3 is 0.832 bits per heavy atom. The van der Waals surface area contributed by atoms with Gasteiger partial charge in [-0.1, -0.05) is 105 Å². The molecule has 5 atom stereocenters. The van der Waals surface area contributed by atoms with Gasteiger partial charge >= 0.3 is 97.3 Å². The summed E-state index contributed by atoms with van der Waals surface area (Å²) >= 11 is 0. The third-order valence-corrected chi connectivity index (χ3v) is 16.7. The Hall–Kier alpha value is -8.44. The maximum atomic E-state index is 12.3. The molecular weight excluding hydrogens is 1710 g/mol. The largest absolute Gasteiger partial charge is 0.480 e. The van der Waals surface area contributed by atoms with Gasteiger partial charge in [-0.2, -0.15) is 65.9 Å². The van der Waals surface area contributed by atoms with E-state index in [2.05, 4.69) is 48.9 Å².